The molecule has 1 aliphatic carbocycles. The lowest BCUT2D eigenvalue weighted by Crippen LogP contribution is -2.41. The molecule has 120 valence electrons. The molecule has 0 unspecified atom stereocenters. The van der Waals surface area contributed by atoms with Gasteiger partial charge in [-0.2, -0.15) is 0 Å². The van der Waals surface area contributed by atoms with E-state index in [-0.39, 0.29) is 12.6 Å². The minimum Gasteiger partial charge on any atom is -0.482 e. The van der Waals surface area contributed by atoms with Gasteiger partial charge in [0.05, 0.1) is 0 Å². The zero-order chi connectivity index (χ0) is 15.9. The van der Waals surface area contributed by atoms with Crippen molar-refractivity contribution in [3.63, 3.8) is 0 Å². The lowest BCUT2D eigenvalue weighted by atomic mass is 9.94. The number of carbonyl (C=O) groups is 2. The summed E-state index contributed by atoms with van der Waals surface area (Å²) in [5.41, 5.74) is 0. The van der Waals surface area contributed by atoms with Gasteiger partial charge in [0.15, 0.2) is 17.9 Å². The van der Waals surface area contributed by atoms with Crippen molar-refractivity contribution in [1.29, 1.82) is 0 Å². The standard InChI is InChI=1S/C15H21N3O4/c1-16-14-12(22-10-9-19)7-8-13(17-14)18(15(20)21)11-5-3-2-4-6-11/h7-9,11H,2-6,10H2,1H3,(H,16,17)(H,20,21). The molecule has 0 aromatic carbocycles. The number of aromatic nitrogens is 1. The van der Waals surface area contributed by atoms with Crippen molar-refractivity contribution >= 4 is 24.0 Å². The molecule has 0 radical (unpaired) electrons. The summed E-state index contributed by atoms with van der Waals surface area (Å²) >= 11 is 0. The van der Waals surface area contributed by atoms with Crippen LogP contribution in [0, 0.1) is 0 Å². The fourth-order valence-electron chi connectivity index (χ4n) is 2.77. The van der Waals surface area contributed by atoms with Crippen LogP contribution >= 0.6 is 0 Å². The highest BCUT2D eigenvalue weighted by atomic mass is 16.5. The minimum absolute atomic E-state index is 0.0369. The summed E-state index contributed by atoms with van der Waals surface area (Å²) in [4.78, 5) is 27.7. The molecule has 1 fully saturated rings. The summed E-state index contributed by atoms with van der Waals surface area (Å²) in [5.74, 6) is 1.22. The monoisotopic (exact) mass is 307 g/mol. The highest BCUT2D eigenvalue weighted by Gasteiger charge is 2.28. The number of hydrogen-bond donors (Lipinski definition) is 2. The topological polar surface area (TPSA) is 91.8 Å². The Balaban J connectivity index is 2.27. The lowest BCUT2D eigenvalue weighted by Gasteiger charge is -2.31. The molecule has 0 saturated heterocycles. The minimum atomic E-state index is -0.997. The summed E-state index contributed by atoms with van der Waals surface area (Å²) in [6.07, 6.45) is 4.58. The molecule has 1 aliphatic rings. The molecule has 7 nitrogen and oxygen atoms in total. The van der Waals surface area contributed by atoms with Crippen LogP contribution in [-0.4, -0.2) is 42.2 Å². The van der Waals surface area contributed by atoms with Gasteiger partial charge in [-0.05, 0) is 25.0 Å². The highest BCUT2D eigenvalue weighted by Crippen LogP contribution is 2.30. The van der Waals surface area contributed by atoms with Gasteiger partial charge < -0.3 is 15.2 Å². The van der Waals surface area contributed by atoms with Crippen molar-refractivity contribution in [2.45, 2.75) is 38.1 Å². The number of anilines is 2. The molecule has 0 atom stereocenters. The van der Waals surface area contributed by atoms with E-state index in [1.165, 1.54) is 4.90 Å². The van der Waals surface area contributed by atoms with Crippen LogP contribution in [0.3, 0.4) is 0 Å². The van der Waals surface area contributed by atoms with Crippen LogP contribution in [0.15, 0.2) is 12.1 Å². The molecular weight excluding hydrogens is 286 g/mol. The third kappa shape index (κ3) is 3.66. The third-order valence-corrected chi connectivity index (χ3v) is 3.78. The maximum atomic E-state index is 11.6. The largest absolute Gasteiger partial charge is 0.482 e. The number of nitrogens with zero attached hydrogens (tertiary/aromatic N) is 2. The normalized spacial score (nSPS) is 15.1. The van der Waals surface area contributed by atoms with Crippen molar-refractivity contribution in [3.8, 4) is 5.75 Å². The highest BCUT2D eigenvalue weighted by molar-refractivity contribution is 5.86. The molecule has 22 heavy (non-hydrogen) atoms. The number of ether oxygens (including phenoxy) is 1. The summed E-state index contributed by atoms with van der Waals surface area (Å²) in [6.45, 7) is -0.0685. The first-order chi connectivity index (χ1) is 10.7. The number of carbonyl (C=O) groups excluding carboxylic acids is 1. The van der Waals surface area contributed by atoms with E-state index in [1.807, 2.05) is 0 Å². The summed E-state index contributed by atoms with van der Waals surface area (Å²) in [5, 5.41) is 12.4. The predicted molar refractivity (Wildman–Crippen MR) is 82.7 cm³/mol. The Morgan fingerprint density at radius 2 is 2.18 bits per heavy atom. The molecule has 1 heterocycles. The average molecular weight is 307 g/mol. The first kappa shape index (κ1) is 16.1. The van der Waals surface area contributed by atoms with E-state index in [2.05, 4.69) is 10.3 Å². The number of pyridine rings is 1. The maximum absolute atomic E-state index is 11.6. The Labute approximate surface area is 129 Å². The number of nitrogens with one attached hydrogen (secondary N) is 1. The van der Waals surface area contributed by atoms with E-state index in [1.54, 1.807) is 19.2 Å². The Hall–Kier alpha value is -2.31. The second kappa shape index (κ2) is 7.63. The second-order valence-electron chi connectivity index (χ2n) is 5.19. The molecule has 0 aliphatic heterocycles. The maximum Gasteiger partial charge on any atom is 0.413 e. The first-order valence-corrected chi connectivity index (χ1v) is 7.44. The van der Waals surface area contributed by atoms with Gasteiger partial charge in [0.2, 0.25) is 0 Å². The van der Waals surface area contributed by atoms with Gasteiger partial charge in [-0.15, -0.1) is 0 Å². The lowest BCUT2D eigenvalue weighted by molar-refractivity contribution is -0.109. The Morgan fingerprint density at radius 3 is 2.77 bits per heavy atom. The zero-order valence-electron chi connectivity index (χ0n) is 12.6. The third-order valence-electron chi connectivity index (χ3n) is 3.78. The molecule has 1 aromatic rings. The van der Waals surface area contributed by atoms with Crippen LogP contribution in [0.1, 0.15) is 32.1 Å². The van der Waals surface area contributed by atoms with E-state index in [0.29, 0.717) is 23.7 Å². The molecule has 1 amide bonds. The SMILES string of the molecule is CNc1nc(N(C(=O)O)C2CCCCC2)ccc1OCC=O. The Kier molecular flexibility index (Phi) is 5.57. The van der Waals surface area contributed by atoms with E-state index >= 15 is 0 Å². The second-order valence-corrected chi connectivity index (χ2v) is 5.19. The van der Waals surface area contributed by atoms with Gasteiger partial charge in [0.25, 0.3) is 0 Å². The predicted octanol–water partition coefficient (Wildman–Crippen LogP) is 2.52. The molecule has 2 rings (SSSR count). The number of aldehydes is 1. The van der Waals surface area contributed by atoms with Crippen LogP contribution in [-0.2, 0) is 4.79 Å². The van der Waals surface area contributed by atoms with Crippen LogP contribution < -0.4 is 15.0 Å². The van der Waals surface area contributed by atoms with Crippen molar-refractivity contribution in [3.05, 3.63) is 12.1 Å². The summed E-state index contributed by atoms with van der Waals surface area (Å²) < 4.78 is 5.26. The Bertz CT molecular complexity index is 530. The van der Waals surface area contributed by atoms with Crippen molar-refractivity contribution in [1.82, 2.24) is 4.98 Å². The van der Waals surface area contributed by atoms with Crippen LogP contribution in [0.2, 0.25) is 0 Å². The average Bonchev–Trinajstić information content (AvgIpc) is 2.54. The number of amides is 1. The molecule has 1 aromatic heterocycles. The Morgan fingerprint density at radius 1 is 1.45 bits per heavy atom. The van der Waals surface area contributed by atoms with Gasteiger partial charge >= 0.3 is 6.09 Å². The van der Waals surface area contributed by atoms with E-state index < -0.39 is 6.09 Å². The summed E-state index contributed by atoms with van der Waals surface area (Å²) in [7, 11) is 1.67. The van der Waals surface area contributed by atoms with Crippen molar-refractivity contribution < 1.29 is 19.4 Å². The van der Waals surface area contributed by atoms with Crippen LogP contribution in [0.5, 0.6) is 5.75 Å². The first-order valence-electron chi connectivity index (χ1n) is 7.44. The number of hydrogen-bond acceptors (Lipinski definition) is 5. The van der Waals surface area contributed by atoms with Crippen molar-refractivity contribution in [2.24, 2.45) is 0 Å². The van der Waals surface area contributed by atoms with Crippen LogP contribution in [0.25, 0.3) is 0 Å². The van der Waals surface area contributed by atoms with Gasteiger partial charge in [-0.25, -0.2) is 9.78 Å². The molecule has 1 saturated carbocycles. The van der Waals surface area contributed by atoms with E-state index in [0.717, 1.165) is 32.1 Å². The fourth-order valence-corrected chi connectivity index (χ4v) is 2.77. The molecule has 2 N–H and O–H groups in total. The molecule has 7 heteroatoms. The van der Waals surface area contributed by atoms with Gasteiger partial charge in [0, 0.05) is 13.1 Å². The van der Waals surface area contributed by atoms with Gasteiger partial charge in [-0.1, -0.05) is 19.3 Å². The zero-order valence-corrected chi connectivity index (χ0v) is 12.6. The van der Waals surface area contributed by atoms with Gasteiger partial charge in [-0.3, -0.25) is 9.69 Å². The number of rotatable bonds is 6. The molecule has 0 bridgehead atoms. The van der Waals surface area contributed by atoms with Gasteiger partial charge in [0.1, 0.15) is 12.4 Å². The van der Waals surface area contributed by atoms with Crippen molar-refractivity contribution in [2.75, 3.05) is 23.9 Å². The van der Waals surface area contributed by atoms with Crippen LogP contribution in [0.4, 0.5) is 16.4 Å². The van der Waals surface area contributed by atoms with E-state index in [4.69, 9.17) is 4.74 Å². The smallest absolute Gasteiger partial charge is 0.413 e. The fraction of sp³-hybridized carbons (Fsp3) is 0.533. The number of carboxylic acid groups (broad SMARTS) is 1. The molecular formula is C15H21N3O4. The quantitative estimate of drug-likeness (QED) is 0.785. The summed E-state index contributed by atoms with van der Waals surface area (Å²) in [6, 6.07) is 3.21. The van der Waals surface area contributed by atoms with E-state index in [9.17, 15) is 14.7 Å². The molecule has 0 spiro atoms.